The average molecular weight is 415 g/mol. The highest BCUT2D eigenvalue weighted by atomic mass is 79.9. The Kier molecular flexibility index (Phi) is 5.51. The van der Waals surface area contributed by atoms with Gasteiger partial charge in [-0.15, -0.1) is 0 Å². The highest BCUT2D eigenvalue weighted by molar-refractivity contribution is 9.10. The molecule has 0 unspecified atom stereocenters. The number of ketones is 1. The van der Waals surface area contributed by atoms with E-state index in [1.807, 2.05) is 32.0 Å². The molecule has 138 valence electrons. The Morgan fingerprint density at radius 3 is 2.76 bits per heavy atom. The molecule has 25 heavy (non-hydrogen) atoms. The van der Waals surface area contributed by atoms with Crippen molar-refractivity contribution in [2.75, 3.05) is 7.11 Å². The Labute approximate surface area is 155 Å². The molecule has 0 aliphatic carbocycles. The molecule has 1 aromatic rings. The first-order chi connectivity index (χ1) is 11.8. The summed E-state index contributed by atoms with van der Waals surface area (Å²) in [4.78, 5) is 12.2. The smallest absolute Gasteiger partial charge is 0.190 e. The minimum absolute atomic E-state index is 0.0211. The van der Waals surface area contributed by atoms with Crippen LogP contribution in [0.3, 0.4) is 0 Å². The van der Waals surface area contributed by atoms with Crippen LogP contribution in [0.15, 0.2) is 22.7 Å². The summed E-state index contributed by atoms with van der Waals surface area (Å²) < 4.78 is 29.8. The lowest BCUT2D eigenvalue weighted by Crippen LogP contribution is -2.40. The molecule has 0 bridgehead atoms. The summed E-state index contributed by atoms with van der Waals surface area (Å²) in [5, 5.41) is 0. The van der Waals surface area contributed by atoms with Crippen LogP contribution in [0.5, 0.6) is 5.75 Å². The van der Waals surface area contributed by atoms with Crippen molar-refractivity contribution < 1.29 is 28.5 Å². The molecule has 4 atom stereocenters. The fourth-order valence-corrected chi connectivity index (χ4v) is 3.49. The minimum atomic E-state index is -0.757. The van der Waals surface area contributed by atoms with Crippen molar-refractivity contribution in [1.82, 2.24) is 0 Å². The van der Waals surface area contributed by atoms with Crippen LogP contribution in [0.25, 0.3) is 0 Å². The zero-order valence-corrected chi connectivity index (χ0v) is 16.4. The van der Waals surface area contributed by atoms with E-state index in [1.54, 1.807) is 14.0 Å². The molecule has 2 saturated heterocycles. The number of rotatable bonds is 6. The monoisotopic (exact) mass is 414 g/mol. The molecule has 0 amide bonds. The molecule has 0 saturated carbocycles. The van der Waals surface area contributed by atoms with Gasteiger partial charge in [0.05, 0.1) is 13.7 Å². The number of hydrogen-bond donors (Lipinski definition) is 0. The largest absolute Gasteiger partial charge is 0.496 e. The van der Waals surface area contributed by atoms with E-state index in [0.29, 0.717) is 12.2 Å². The van der Waals surface area contributed by atoms with Crippen LogP contribution < -0.4 is 4.74 Å². The molecular weight excluding hydrogens is 392 g/mol. The molecule has 3 rings (SSSR count). The van der Waals surface area contributed by atoms with Crippen molar-refractivity contribution in [3.05, 3.63) is 28.2 Å². The fourth-order valence-electron chi connectivity index (χ4n) is 3.15. The lowest BCUT2D eigenvalue weighted by molar-refractivity contribution is -0.218. The number of benzene rings is 1. The van der Waals surface area contributed by atoms with Gasteiger partial charge in [-0.1, -0.05) is 28.9 Å². The standard InChI is InChI=1S/C18H23BrO6/c1-5-12(20)14-15(16-17(23-14)25-18(2,3)24-16)22-9-10-6-7-11(19)8-13(10)21-4/h6-8,14-17H,5,9H2,1-4H3/t14-,15+,16-,17-/m1/s1. The SMILES string of the molecule is CCC(=O)[C@H]1O[C@@H]2OC(C)(C)O[C@@H]2[C@H]1OCc1ccc(Br)cc1OC. The summed E-state index contributed by atoms with van der Waals surface area (Å²) in [5.41, 5.74) is 0.884. The first kappa shape index (κ1) is 18.8. The van der Waals surface area contributed by atoms with Crippen LogP contribution in [-0.4, -0.2) is 43.3 Å². The van der Waals surface area contributed by atoms with Gasteiger partial charge in [0.2, 0.25) is 0 Å². The third-order valence-electron chi connectivity index (χ3n) is 4.34. The normalized spacial score (nSPS) is 30.3. The Bertz CT molecular complexity index is 646. The van der Waals surface area contributed by atoms with Crippen LogP contribution in [0.4, 0.5) is 0 Å². The maximum absolute atomic E-state index is 12.2. The first-order valence-electron chi connectivity index (χ1n) is 8.32. The number of Topliss-reactive ketones (excluding diaryl/α,β-unsaturated/α-hetero) is 1. The van der Waals surface area contributed by atoms with E-state index < -0.39 is 30.4 Å². The number of hydrogen-bond acceptors (Lipinski definition) is 6. The van der Waals surface area contributed by atoms with Crippen LogP contribution in [0.1, 0.15) is 32.8 Å². The van der Waals surface area contributed by atoms with Gasteiger partial charge in [-0.25, -0.2) is 0 Å². The van der Waals surface area contributed by atoms with Gasteiger partial charge in [0, 0.05) is 16.5 Å². The Balaban J connectivity index is 1.77. The van der Waals surface area contributed by atoms with Crippen molar-refractivity contribution in [2.24, 2.45) is 0 Å². The second-order valence-corrected chi connectivity index (χ2v) is 7.49. The van der Waals surface area contributed by atoms with Gasteiger partial charge in [0.1, 0.15) is 24.1 Å². The third kappa shape index (κ3) is 3.90. The number of fused-ring (bicyclic) bond motifs is 1. The molecule has 0 spiro atoms. The first-order valence-corrected chi connectivity index (χ1v) is 9.11. The van der Waals surface area contributed by atoms with Crippen LogP contribution in [0, 0.1) is 0 Å². The van der Waals surface area contributed by atoms with Crippen molar-refractivity contribution in [3.63, 3.8) is 0 Å². The molecule has 6 nitrogen and oxygen atoms in total. The van der Waals surface area contributed by atoms with Gasteiger partial charge in [-0.3, -0.25) is 4.79 Å². The number of carbonyl (C=O) groups is 1. The molecule has 0 N–H and O–H groups in total. The lowest BCUT2D eigenvalue weighted by Gasteiger charge is -2.25. The van der Waals surface area contributed by atoms with E-state index >= 15 is 0 Å². The summed E-state index contributed by atoms with van der Waals surface area (Å²) in [6, 6.07) is 5.71. The van der Waals surface area contributed by atoms with Gasteiger partial charge in [-0.2, -0.15) is 0 Å². The topological polar surface area (TPSA) is 63.2 Å². The zero-order valence-electron chi connectivity index (χ0n) is 14.8. The molecule has 0 radical (unpaired) electrons. The van der Waals surface area contributed by atoms with Crippen LogP contribution >= 0.6 is 15.9 Å². The maximum atomic E-state index is 12.2. The Morgan fingerprint density at radius 1 is 1.32 bits per heavy atom. The molecule has 0 aromatic heterocycles. The molecule has 7 heteroatoms. The molecule has 2 heterocycles. The number of methoxy groups -OCH3 is 1. The van der Waals surface area contributed by atoms with Gasteiger partial charge in [0.25, 0.3) is 0 Å². The minimum Gasteiger partial charge on any atom is -0.496 e. The van der Waals surface area contributed by atoms with Gasteiger partial charge in [-0.05, 0) is 26.0 Å². The maximum Gasteiger partial charge on any atom is 0.190 e. The van der Waals surface area contributed by atoms with Gasteiger partial charge in [0.15, 0.2) is 17.9 Å². The predicted molar refractivity (Wildman–Crippen MR) is 93.3 cm³/mol. The van der Waals surface area contributed by atoms with Crippen molar-refractivity contribution in [3.8, 4) is 5.75 Å². The summed E-state index contributed by atoms with van der Waals surface area (Å²) in [5.74, 6) is -0.0637. The van der Waals surface area contributed by atoms with E-state index in [1.165, 1.54) is 0 Å². The van der Waals surface area contributed by atoms with Crippen LogP contribution in [-0.2, 0) is 30.3 Å². The molecule has 2 aliphatic heterocycles. The second-order valence-electron chi connectivity index (χ2n) is 6.58. The van der Waals surface area contributed by atoms with Crippen molar-refractivity contribution >= 4 is 21.7 Å². The van der Waals surface area contributed by atoms with E-state index in [2.05, 4.69) is 15.9 Å². The van der Waals surface area contributed by atoms with Crippen LogP contribution in [0.2, 0.25) is 0 Å². The van der Waals surface area contributed by atoms with E-state index in [-0.39, 0.29) is 12.4 Å². The summed E-state index contributed by atoms with van der Waals surface area (Å²) in [7, 11) is 1.61. The van der Waals surface area contributed by atoms with E-state index in [0.717, 1.165) is 10.0 Å². The zero-order chi connectivity index (χ0) is 18.2. The summed E-state index contributed by atoms with van der Waals surface area (Å²) in [6.45, 7) is 5.73. The van der Waals surface area contributed by atoms with Gasteiger partial charge >= 0.3 is 0 Å². The predicted octanol–water partition coefficient (Wildman–Crippen LogP) is 3.20. The third-order valence-corrected chi connectivity index (χ3v) is 4.83. The van der Waals surface area contributed by atoms with E-state index in [4.69, 9.17) is 23.7 Å². The Hall–Kier alpha value is -0.990. The molecular formula is C18H23BrO6. The second kappa shape index (κ2) is 7.32. The number of carbonyl (C=O) groups excluding carboxylic acids is 1. The lowest BCUT2D eigenvalue weighted by atomic mass is 10.1. The van der Waals surface area contributed by atoms with Crippen molar-refractivity contribution in [2.45, 2.75) is 64.2 Å². The number of halogens is 1. The molecule has 1 aromatic carbocycles. The number of ether oxygens (including phenoxy) is 5. The Morgan fingerprint density at radius 2 is 2.08 bits per heavy atom. The summed E-state index contributed by atoms with van der Waals surface area (Å²) >= 11 is 3.42. The molecule has 2 aliphatic rings. The highest BCUT2D eigenvalue weighted by Gasteiger charge is 2.56. The highest BCUT2D eigenvalue weighted by Crippen LogP contribution is 2.39. The van der Waals surface area contributed by atoms with Gasteiger partial charge < -0.3 is 23.7 Å². The summed E-state index contributed by atoms with van der Waals surface area (Å²) in [6.07, 6.45) is -1.86. The quantitative estimate of drug-likeness (QED) is 0.711. The molecule has 2 fully saturated rings. The van der Waals surface area contributed by atoms with E-state index in [9.17, 15) is 4.79 Å². The average Bonchev–Trinajstić information content (AvgIpc) is 3.04. The van der Waals surface area contributed by atoms with Crippen molar-refractivity contribution in [1.29, 1.82) is 0 Å². The fraction of sp³-hybridized carbons (Fsp3) is 0.611.